The van der Waals surface area contributed by atoms with Crippen LogP contribution in [-0.4, -0.2) is 5.78 Å². The van der Waals surface area contributed by atoms with E-state index in [1.54, 1.807) is 30.3 Å². The van der Waals surface area contributed by atoms with E-state index < -0.39 is 0 Å². The van der Waals surface area contributed by atoms with Gasteiger partial charge >= 0.3 is 0 Å². The van der Waals surface area contributed by atoms with Crippen molar-refractivity contribution in [2.24, 2.45) is 0 Å². The van der Waals surface area contributed by atoms with Gasteiger partial charge in [-0.3, -0.25) is 4.79 Å². The zero-order valence-electron chi connectivity index (χ0n) is 7.54. The molecule has 76 valence electrons. The molecule has 0 radical (unpaired) electrons. The number of rotatable bonds is 2. The van der Waals surface area contributed by atoms with Gasteiger partial charge in [0.1, 0.15) is 0 Å². The highest BCUT2D eigenvalue weighted by atomic mass is 79.9. The largest absolute Gasteiger partial charge is 0.461 e. The molecule has 0 spiro atoms. The number of carbonyl (C=O) groups is 1. The molecule has 2 rings (SSSR count). The van der Waals surface area contributed by atoms with Gasteiger partial charge in [-0.05, 0) is 30.3 Å². The lowest BCUT2D eigenvalue weighted by Gasteiger charge is -2.01. The van der Waals surface area contributed by atoms with Crippen LogP contribution in [0.4, 0.5) is 0 Å². The Labute approximate surface area is 100.0 Å². The maximum Gasteiger partial charge on any atom is 0.229 e. The molecular weight excluding hydrogens is 279 g/mol. The van der Waals surface area contributed by atoms with Crippen LogP contribution in [0.2, 0.25) is 5.02 Å². The molecule has 0 amide bonds. The second-order valence-corrected chi connectivity index (χ2v) is 4.25. The van der Waals surface area contributed by atoms with Crippen molar-refractivity contribution in [1.29, 1.82) is 0 Å². The van der Waals surface area contributed by atoms with E-state index in [0.29, 0.717) is 10.6 Å². The number of hydrogen-bond donors (Lipinski definition) is 0. The molecule has 0 aliphatic rings. The van der Waals surface area contributed by atoms with E-state index in [0.717, 1.165) is 4.47 Å². The SMILES string of the molecule is O=C(c1ccco1)c1cc(Br)ccc1Cl. The third kappa shape index (κ3) is 2.13. The number of ketones is 1. The topological polar surface area (TPSA) is 30.2 Å². The van der Waals surface area contributed by atoms with Crippen LogP contribution >= 0.6 is 27.5 Å². The Kier molecular flexibility index (Phi) is 2.93. The van der Waals surface area contributed by atoms with Crippen LogP contribution in [0.25, 0.3) is 0 Å². The Morgan fingerprint density at radius 1 is 1.33 bits per heavy atom. The van der Waals surface area contributed by atoms with E-state index >= 15 is 0 Å². The molecule has 0 bridgehead atoms. The van der Waals surface area contributed by atoms with Crippen molar-refractivity contribution >= 4 is 33.3 Å². The lowest BCUT2D eigenvalue weighted by atomic mass is 10.1. The van der Waals surface area contributed by atoms with Gasteiger partial charge < -0.3 is 4.42 Å². The van der Waals surface area contributed by atoms with Crippen molar-refractivity contribution in [1.82, 2.24) is 0 Å². The summed E-state index contributed by atoms with van der Waals surface area (Å²) in [6, 6.07) is 8.40. The smallest absolute Gasteiger partial charge is 0.229 e. The summed E-state index contributed by atoms with van der Waals surface area (Å²) in [5.74, 6) is 0.0706. The first-order valence-electron chi connectivity index (χ1n) is 4.22. The second-order valence-electron chi connectivity index (χ2n) is 2.93. The second kappa shape index (κ2) is 4.21. The highest BCUT2D eigenvalue weighted by Crippen LogP contribution is 2.23. The van der Waals surface area contributed by atoms with Gasteiger partial charge in [0.05, 0.1) is 11.3 Å². The molecule has 0 aliphatic heterocycles. The highest BCUT2D eigenvalue weighted by Gasteiger charge is 2.15. The fourth-order valence-corrected chi connectivity index (χ4v) is 1.78. The van der Waals surface area contributed by atoms with Crippen LogP contribution in [0.1, 0.15) is 16.1 Å². The standard InChI is InChI=1S/C11H6BrClO2/c12-7-3-4-9(13)8(6-7)11(14)10-2-1-5-15-10/h1-6H. The summed E-state index contributed by atoms with van der Waals surface area (Å²) in [5, 5.41) is 0.416. The molecule has 1 aromatic carbocycles. The Hall–Kier alpha value is -1.06. The lowest BCUT2D eigenvalue weighted by Crippen LogP contribution is -2.00. The molecule has 1 aromatic heterocycles. The van der Waals surface area contributed by atoms with E-state index in [1.165, 1.54) is 6.26 Å². The molecule has 0 unspecified atom stereocenters. The number of hydrogen-bond acceptors (Lipinski definition) is 2. The van der Waals surface area contributed by atoms with Crippen LogP contribution in [0.5, 0.6) is 0 Å². The fourth-order valence-electron chi connectivity index (χ4n) is 1.21. The Morgan fingerprint density at radius 3 is 2.80 bits per heavy atom. The third-order valence-electron chi connectivity index (χ3n) is 1.92. The van der Waals surface area contributed by atoms with E-state index in [4.69, 9.17) is 16.0 Å². The normalized spacial score (nSPS) is 10.3. The van der Waals surface area contributed by atoms with Gasteiger partial charge in [-0.25, -0.2) is 0 Å². The van der Waals surface area contributed by atoms with Crippen LogP contribution in [0.15, 0.2) is 45.5 Å². The quantitative estimate of drug-likeness (QED) is 0.783. The average Bonchev–Trinajstić information content (AvgIpc) is 2.74. The van der Waals surface area contributed by atoms with Crippen LogP contribution < -0.4 is 0 Å². The highest BCUT2D eigenvalue weighted by molar-refractivity contribution is 9.10. The molecule has 1 heterocycles. The van der Waals surface area contributed by atoms with Gasteiger partial charge in [-0.1, -0.05) is 27.5 Å². The Morgan fingerprint density at radius 2 is 2.13 bits per heavy atom. The van der Waals surface area contributed by atoms with E-state index in [2.05, 4.69) is 15.9 Å². The molecule has 2 aromatic rings. The summed E-state index contributed by atoms with van der Waals surface area (Å²) in [5.41, 5.74) is 0.431. The fraction of sp³-hybridized carbons (Fsp3) is 0. The van der Waals surface area contributed by atoms with Crippen molar-refractivity contribution in [2.75, 3.05) is 0 Å². The Balaban J connectivity index is 2.46. The summed E-state index contributed by atoms with van der Waals surface area (Å²) in [6.07, 6.45) is 1.46. The van der Waals surface area contributed by atoms with Crippen LogP contribution in [0.3, 0.4) is 0 Å². The zero-order chi connectivity index (χ0) is 10.8. The van der Waals surface area contributed by atoms with Gasteiger partial charge in [-0.2, -0.15) is 0 Å². The summed E-state index contributed by atoms with van der Waals surface area (Å²) in [4.78, 5) is 11.9. The number of carbonyl (C=O) groups excluding carboxylic acids is 1. The van der Waals surface area contributed by atoms with E-state index in [-0.39, 0.29) is 11.5 Å². The monoisotopic (exact) mass is 284 g/mol. The average molecular weight is 286 g/mol. The number of benzene rings is 1. The third-order valence-corrected chi connectivity index (χ3v) is 2.74. The summed E-state index contributed by atoms with van der Waals surface area (Å²) >= 11 is 9.21. The summed E-state index contributed by atoms with van der Waals surface area (Å²) < 4.78 is 5.83. The molecule has 0 saturated carbocycles. The number of furan rings is 1. The zero-order valence-corrected chi connectivity index (χ0v) is 9.88. The van der Waals surface area contributed by atoms with Gasteiger partial charge in [0, 0.05) is 10.0 Å². The van der Waals surface area contributed by atoms with Crippen molar-refractivity contribution in [3.05, 3.63) is 57.4 Å². The maximum absolute atomic E-state index is 11.9. The molecule has 0 atom stereocenters. The first-order chi connectivity index (χ1) is 7.18. The molecule has 0 N–H and O–H groups in total. The molecule has 4 heteroatoms. The minimum Gasteiger partial charge on any atom is -0.461 e. The van der Waals surface area contributed by atoms with Crippen LogP contribution in [-0.2, 0) is 0 Å². The van der Waals surface area contributed by atoms with Crippen molar-refractivity contribution in [3.63, 3.8) is 0 Å². The van der Waals surface area contributed by atoms with Gasteiger partial charge in [0.25, 0.3) is 0 Å². The number of halogens is 2. The molecule has 0 fully saturated rings. The van der Waals surface area contributed by atoms with Crippen molar-refractivity contribution < 1.29 is 9.21 Å². The van der Waals surface area contributed by atoms with Crippen molar-refractivity contribution in [2.45, 2.75) is 0 Å². The minimum atomic E-state index is -0.216. The molecule has 2 nitrogen and oxygen atoms in total. The maximum atomic E-state index is 11.9. The Bertz CT molecular complexity index is 491. The molecular formula is C11H6BrClO2. The summed E-state index contributed by atoms with van der Waals surface area (Å²) in [6.45, 7) is 0. The van der Waals surface area contributed by atoms with E-state index in [1.807, 2.05) is 0 Å². The molecule has 0 saturated heterocycles. The predicted octanol–water partition coefficient (Wildman–Crippen LogP) is 3.93. The van der Waals surface area contributed by atoms with Gasteiger partial charge in [0.15, 0.2) is 5.76 Å². The van der Waals surface area contributed by atoms with Gasteiger partial charge in [0.2, 0.25) is 5.78 Å². The van der Waals surface area contributed by atoms with Crippen molar-refractivity contribution in [3.8, 4) is 0 Å². The van der Waals surface area contributed by atoms with E-state index in [9.17, 15) is 4.79 Å². The minimum absolute atomic E-state index is 0.216. The molecule has 0 aliphatic carbocycles. The summed E-state index contributed by atoms with van der Waals surface area (Å²) in [7, 11) is 0. The first-order valence-corrected chi connectivity index (χ1v) is 5.39. The lowest BCUT2D eigenvalue weighted by molar-refractivity contribution is 0.101. The molecule has 15 heavy (non-hydrogen) atoms. The predicted molar refractivity (Wildman–Crippen MR) is 61.3 cm³/mol. The van der Waals surface area contributed by atoms with Gasteiger partial charge in [-0.15, -0.1) is 0 Å². The van der Waals surface area contributed by atoms with Crippen LogP contribution in [0, 0.1) is 0 Å². The first kappa shape index (κ1) is 10.5.